The summed E-state index contributed by atoms with van der Waals surface area (Å²) in [4.78, 5) is 18.1. The van der Waals surface area contributed by atoms with Crippen molar-refractivity contribution in [3.8, 4) is 0 Å². The van der Waals surface area contributed by atoms with Gasteiger partial charge in [0.05, 0.1) is 6.54 Å². The average Bonchev–Trinajstić information content (AvgIpc) is 3.05. The number of nitrogens with zero attached hydrogens (tertiary/aromatic N) is 4. The van der Waals surface area contributed by atoms with Crippen LogP contribution >= 0.6 is 0 Å². The maximum atomic E-state index is 12.2. The number of hydrogen-bond acceptors (Lipinski definition) is 4. The van der Waals surface area contributed by atoms with Gasteiger partial charge in [-0.1, -0.05) is 6.42 Å². The predicted molar refractivity (Wildman–Crippen MR) is 70.0 cm³/mol. The maximum Gasteiger partial charge on any atom is 0.224 e. The number of amides is 1. The molecule has 19 heavy (non-hydrogen) atoms. The summed E-state index contributed by atoms with van der Waals surface area (Å²) in [5.74, 6) is 1.36. The molecule has 2 aliphatic rings. The number of nitrogens with two attached hydrogens (primary N) is 1. The van der Waals surface area contributed by atoms with Crippen LogP contribution in [0.2, 0.25) is 0 Å². The second kappa shape index (κ2) is 5.28. The van der Waals surface area contributed by atoms with E-state index in [1.54, 1.807) is 11.0 Å². The van der Waals surface area contributed by atoms with Crippen molar-refractivity contribution >= 4 is 5.91 Å². The Labute approximate surface area is 113 Å². The van der Waals surface area contributed by atoms with Crippen LogP contribution in [0.5, 0.6) is 0 Å². The highest BCUT2D eigenvalue weighted by atomic mass is 16.2. The number of likely N-dealkylation sites (tertiary alicyclic amines) is 1. The maximum absolute atomic E-state index is 12.2. The third-order valence-electron chi connectivity index (χ3n) is 4.53. The minimum atomic E-state index is 0.220. The van der Waals surface area contributed by atoms with Gasteiger partial charge < -0.3 is 10.6 Å². The van der Waals surface area contributed by atoms with E-state index in [-0.39, 0.29) is 11.9 Å². The van der Waals surface area contributed by atoms with Crippen LogP contribution in [0.25, 0.3) is 0 Å². The van der Waals surface area contributed by atoms with Crippen molar-refractivity contribution in [2.75, 3.05) is 13.1 Å². The molecule has 1 saturated heterocycles. The van der Waals surface area contributed by atoms with E-state index in [1.165, 1.54) is 19.2 Å². The summed E-state index contributed by atoms with van der Waals surface area (Å²) >= 11 is 0. The van der Waals surface area contributed by atoms with E-state index in [9.17, 15) is 4.79 Å². The van der Waals surface area contributed by atoms with Gasteiger partial charge in [0.15, 0.2) is 0 Å². The van der Waals surface area contributed by atoms with Gasteiger partial charge >= 0.3 is 0 Å². The third kappa shape index (κ3) is 2.63. The third-order valence-corrected chi connectivity index (χ3v) is 4.53. The summed E-state index contributed by atoms with van der Waals surface area (Å²) in [5, 5.41) is 4.01. The molecule has 0 radical (unpaired) electrons. The molecule has 0 spiro atoms. The van der Waals surface area contributed by atoms with Crippen LogP contribution in [-0.2, 0) is 11.3 Å². The molecule has 1 aromatic heterocycles. The fraction of sp³-hybridized carbons (Fsp3) is 0.769. The van der Waals surface area contributed by atoms with Crippen LogP contribution in [0.3, 0.4) is 0 Å². The van der Waals surface area contributed by atoms with Gasteiger partial charge in [-0.25, -0.2) is 4.98 Å². The molecule has 3 unspecified atom stereocenters. The van der Waals surface area contributed by atoms with Crippen molar-refractivity contribution in [1.29, 1.82) is 0 Å². The number of hydrogen-bond donors (Lipinski definition) is 1. The number of carbonyl (C=O) groups excluding carboxylic acids is 1. The van der Waals surface area contributed by atoms with Gasteiger partial charge in [-0.15, -0.1) is 0 Å². The van der Waals surface area contributed by atoms with Crippen molar-refractivity contribution in [3.63, 3.8) is 0 Å². The van der Waals surface area contributed by atoms with Crippen LogP contribution in [0.15, 0.2) is 12.7 Å². The molecule has 3 rings (SSSR count). The fourth-order valence-corrected chi connectivity index (χ4v) is 3.44. The normalized spacial score (nSPS) is 30.4. The monoisotopic (exact) mass is 263 g/mol. The largest absolute Gasteiger partial charge is 0.342 e. The van der Waals surface area contributed by atoms with Crippen molar-refractivity contribution < 1.29 is 4.79 Å². The lowest BCUT2D eigenvalue weighted by atomic mass is 9.78. The fourth-order valence-electron chi connectivity index (χ4n) is 3.44. The van der Waals surface area contributed by atoms with Crippen molar-refractivity contribution in [2.24, 2.45) is 17.6 Å². The number of rotatable bonds is 3. The van der Waals surface area contributed by atoms with E-state index in [2.05, 4.69) is 10.1 Å². The Kier molecular flexibility index (Phi) is 3.50. The first-order chi connectivity index (χ1) is 9.24. The van der Waals surface area contributed by atoms with E-state index in [0.29, 0.717) is 24.8 Å². The van der Waals surface area contributed by atoms with Crippen LogP contribution in [0.4, 0.5) is 0 Å². The van der Waals surface area contributed by atoms with Crippen molar-refractivity contribution in [2.45, 2.75) is 38.3 Å². The summed E-state index contributed by atoms with van der Waals surface area (Å²) in [5.41, 5.74) is 6.17. The summed E-state index contributed by atoms with van der Waals surface area (Å²) in [6.45, 7) is 2.35. The van der Waals surface area contributed by atoms with Gasteiger partial charge in [0.1, 0.15) is 12.7 Å². The Morgan fingerprint density at radius 2 is 2.26 bits per heavy atom. The Morgan fingerprint density at radius 3 is 3.00 bits per heavy atom. The van der Waals surface area contributed by atoms with Gasteiger partial charge in [-0.05, 0) is 24.7 Å². The van der Waals surface area contributed by atoms with Crippen molar-refractivity contribution in [3.05, 3.63) is 12.7 Å². The second-order valence-electron chi connectivity index (χ2n) is 5.73. The molecular weight excluding hydrogens is 242 g/mol. The average molecular weight is 263 g/mol. The molecule has 104 valence electrons. The minimum absolute atomic E-state index is 0.220. The lowest BCUT2D eigenvalue weighted by molar-refractivity contribution is -0.130. The molecule has 1 amide bonds. The standard InChI is InChI=1S/C13H21N5O/c14-12-3-1-2-10-6-17(7-11(10)12)13(19)4-5-18-9-15-8-16-18/h8-12H,1-7,14H2. The summed E-state index contributed by atoms with van der Waals surface area (Å²) in [6.07, 6.45) is 7.19. The van der Waals surface area contributed by atoms with E-state index >= 15 is 0 Å². The van der Waals surface area contributed by atoms with Crippen molar-refractivity contribution in [1.82, 2.24) is 19.7 Å². The number of aryl methyl sites for hydroxylation is 1. The molecule has 2 heterocycles. The van der Waals surface area contributed by atoms with E-state index in [1.807, 2.05) is 4.90 Å². The first-order valence-corrected chi connectivity index (χ1v) is 7.10. The molecular formula is C13H21N5O. The smallest absolute Gasteiger partial charge is 0.224 e. The summed E-state index contributed by atoms with van der Waals surface area (Å²) in [7, 11) is 0. The van der Waals surface area contributed by atoms with Gasteiger partial charge in [-0.3, -0.25) is 9.48 Å². The van der Waals surface area contributed by atoms with Crippen LogP contribution in [-0.4, -0.2) is 44.7 Å². The summed E-state index contributed by atoms with van der Waals surface area (Å²) in [6, 6.07) is 0.284. The Morgan fingerprint density at radius 1 is 1.37 bits per heavy atom. The highest BCUT2D eigenvalue weighted by molar-refractivity contribution is 5.76. The molecule has 0 bridgehead atoms. The molecule has 1 aromatic rings. The molecule has 1 saturated carbocycles. The molecule has 3 atom stereocenters. The number of fused-ring (bicyclic) bond motifs is 1. The van der Waals surface area contributed by atoms with E-state index in [4.69, 9.17) is 5.73 Å². The predicted octanol–water partition coefficient (Wildman–Crippen LogP) is 0.254. The highest BCUT2D eigenvalue weighted by Gasteiger charge is 2.40. The lowest BCUT2D eigenvalue weighted by Crippen LogP contribution is -2.38. The van der Waals surface area contributed by atoms with Crippen LogP contribution < -0.4 is 5.73 Å². The number of aromatic nitrogens is 3. The summed E-state index contributed by atoms with van der Waals surface area (Å²) < 4.78 is 1.70. The molecule has 6 heteroatoms. The van der Waals surface area contributed by atoms with Crippen LogP contribution in [0, 0.1) is 11.8 Å². The Bertz CT molecular complexity index is 432. The minimum Gasteiger partial charge on any atom is -0.342 e. The zero-order valence-corrected chi connectivity index (χ0v) is 11.1. The molecule has 2 N–H and O–H groups in total. The molecule has 1 aliphatic heterocycles. The van der Waals surface area contributed by atoms with Crippen LogP contribution in [0.1, 0.15) is 25.7 Å². The quantitative estimate of drug-likeness (QED) is 0.848. The van der Waals surface area contributed by atoms with E-state index < -0.39 is 0 Å². The van der Waals surface area contributed by atoms with Gasteiger partial charge in [-0.2, -0.15) is 5.10 Å². The molecule has 2 fully saturated rings. The Hall–Kier alpha value is -1.43. The van der Waals surface area contributed by atoms with E-state index in [0.717, 1.165) is 19.5 Å². The first kappa shape index (κ1) is 12.6. The SMILES string of the molecule is NC1CCCC2CN(C(=O)CCn3cncn3)CC12. The zero-order chi connectivity index (χ0) is 13.2. The molecule has 6 nitrogen and oxygen atoms in total. The van der Waals surface area contributed by atoms with Gasteiger partial charge in [0, 0.05) is 25.6 Å². The molecule has 0 aromatic carbocycles. The highest BCUT2D eigenvalue weighted by Crippen LogP contribution is 2.35. The first-order valence-electron chi connectivity index (χ1n) is 7.10. The Balaban J connectivity index is 1.53. The molecule has 1 aliphatic carbocycles. The van der Waals surface area contributed by atoms with Gasteiger partial charge in [0.2, 0.25) is 5.91 Å². The lowest BCUT2D eigenvalue weighted by Gasteiger charge is -2.29. The topological polar surface area (TPSA) is 77.0 Å². The zero-order valence-electron chi connectivity index (χ0n) is 11.1. The second-order valence-corrected chi connectivity index (χ2v) is 5.73. The number of carbonyl (C=O) groups is 1. The van der Waals surface area contributed by atoms with Gasteiger partial charge in [0.25, 0.3) is 0 Å².